The summed E-state index contributed by atoms with van der Waals surface area (Å²) in [6.45, 7) is 17.1. The van der Waals surface area contributed by atoms with Crippen molar-refractivity contribution in [1.82, 2.24) is 20.2 Å². The fourth-order valence-corrected chi connectivity index (χ4v) is 3.93. The average Bonchev–Trinajstić information content (AvgIpc) is 2.80. The molecule has 0 radical (unpaired) electrons. The summed E-state index contributed by atoms with van der Waals surface area (Å²) < 4.78 is 5.83. The van der Waals surface area contributed by atoms with E-state index in [2.05, 4.69) is 52.8 Å². The number of piperazine rings is 1. The SMILES string of the molecule is CCCC(CC)NCCCOCCCN1CCN(c2ncc(C(C)CC)cn2)CC1. The number of rotatable bonds is 15. The predicted octanol–water partition coefficient (Wildman–Crippen LogP) is 4.08. The monoisotopic (exact) mass is 419 g/mol. The molecule has 2 atom stereocenters. The Hall–Kier alpha value is -1.24. The first-order valence-corrected chi connectivity index (χ1v) is 12.3. The Morgan fingerprint density at radius 1 is 1.00 bits per heavy atom. The van der Waals surface area contributed by atoms with Crippen LogP contribution >= 0.6 is 0 Å². The van der Waals surface area contributed by atoms with Gasteiger partial charge >= 0.3 is 0 Å². The molecule has 1 N–H and O–H groups in total. The summed E-state index contributed by atoms with van der Waals surface area (Å²) in [7, 11) is 0. The Kier molecular flexibility index (Phi) is 12.3. The van der Waals surface area contributed by atoms with Crippen molar-refractivity contribution in [2.75, 3.05) is 57.4 Å². The standard InChI is InChI=1S/C24H45N5O/c1-5-10-23(7-3)25-11-8-17-30-18-9-12-28-13-15-29(16-14-28)24-26-19-22(20-27-24)21(4)6-2/h19-21,23,25H,5-18H2,1-4H3. The first-order chi connectivity index (χ1) is 14.7. The zero-order chi connectivity index (χ0) is 21.6. The van der Waals surface area contributed by atoms with Gasteiger partial charge in [-0.25, -0.2) is 9.97 Å². The number of aromatic nitrogens is 2. The van der Waals surface area contributed by atoms with Crippen LogP contribution in [-0.4, -0.2) is 73.4 Å². The van der Waals surface area contributed by atoms with Crippen LogP contribution in [0.2, 0.25) is 0 Å². The van der Waals surface area contributed by atoms with Gasteiger partial charge < -0.3 is 15.0 Å². The summed E-state index contributed by atoms with van der Waals surface area (Å²) in [5, 5.41) is 3.64. The van der Waals surface area contributed by atoms with Gasteiger partial charge in [0.2, 0.25) is 5.95 Å². The minimum Gasteiger partial charge on any atom is -0.381 e. The molecule has 2 unspecified atom stereocenters. The molecule has 2 heterocycles. The number of hydrogen-bond acceptors (Lipinski definition) is 6. The van der Waals surface area contributed by atoms with Crippen molar-refractivity contribution in [2.24, 2.45) is 0 Å². The molecule has 0 aromatic carbocycles. The van der Waals surface area contributed by atoms with E-state index < -0.39 is 0 Å². The van der Waals surface area contributed by atoms with Gasteiger partial charge in [-0.2, -0.15) is 0 Å². The molecule has 172 valence electrons. The molecular formula is C24H45N5O. The summed E-state index contributed by atoms with van der Waals surface area (Å²) in [5.74, 6) is 1.41. The van der Waals surface area contributed by atoms with E-state index >= 15 is 0 Å². The Morgan fingerprint density at radius 3 is 2.33 bits per heavy atom. The lowest BCUT2D eigenvalue weighted by molar-refractivity contribution is 0.116. The second kappa shape index (κ2) is 14.7. The van der Waals surface area contributed by atoms with Crippen LogP contribution in [0.15, 0.2) is 12.4 Å². The van der Waals surface area contributed by atoms with Crippen molar-refractivity contribution >= 4 is 5.95 Å². The van der Waals surface area contributed by atoms with Crippen LogP contribution in [0.4, 0.5) is 5.95 Å². The Balaban J connectivity index is 1.51. The highest BCUT2D eigenvalue weighted by molar-refractivity contribution is 5.31. The number of ether oxygens (including phenoxy) is 1. The summed E-state index contributed by atoms with van der Waals surface area (Å²) in [4.78, 5) is 14.1. The van der Waals surface area contributed by atoms with Crippen LogP contribution in [0.3, 0.4) is 0 Å². The molecular weight excluding hydrogens is 374 g/mol. The maximum absolute atomic E-state index is 5.83. The smallest absolute Gasteiger partial charge is 0.225 e. The number of anilines is 1. The lowest BCUT2D eigenvalue weighted by Crippen LogP contribution is -2.47. The molecule has 1 saturated heterocycles. The van der Waals surface area contributed by atoms with E-state index in [9.17, 15) is 0 Å². The van der Waals surface area contributed by atoms with Crippen LogP contribution < -0.4 is 10.2 Å². The molecule has 0 bridgehead atoms. The molecule has 1 aromatic rings. The third kappa shape index (κ3) is 8.86. The van der Waals surface area contributed by atoms with E-state index in [4.69, 9.17) is 4.74 Å². The van der Waals surface area contributed by atoms with E-state index in [1.165, 1.54) is 24.8 Å². The molecule has 6 nitrogen and oxygen atoms in total. The van der Waals surface area contributed by atoms with Crippen LogP contribution in [0, 0.1) is 0 Å². The fourth-order valence-electron chi connectivity index (χ4n) is 3.93. The van der Waals surface area contributed by atoms with E-state index in [1.807, 2.05) is 12.4 Å². The lowest BCUT2D eigenvalue weighted by atomic mass is 10.0. The van der Waals surface area contributed by atoms with Gasteiger partial charge in [-0.1, -0.05) is 34.1 Å². The second-order valence-electron chi connectivity index (χ2n) is 8.62. The van der Waals surface area contributed by atoms with E-state index in [-0.39, 0.29) is 0 Å². The van der Waals surface area contributed by atoms with Gasteiger partial charge in [0, 0.05) is 64.4 Å². The molecule has 30 heavy (non-hydrogen) atoms. The highest BCUT2D eigenvalue weighted by Crippen LogP contribution is 2.18. The van der Waals surface area contributed by atoms with Crippen LogP contribution in [0.5, 0.6) is 0 Å². The number of hydrogen-bond donors (Lipinski definition) is 1. The van der Waals surface area contributed by atoms with Gasteiger partial charge in [0.25, 0.3) is 0 Å². The summed E-state index contributed by atoms with van der Waals surface area (Å²) in [6.07, 6.45) is 11.1. The number of nitrogens with zero attached hydrogens (tertiary/aromatic N) is 4. The van der Waals surface area contributed by atoms with E-state index in [0.29, 0.717) is 12.0 Å². The highest BCUT2D eigenvalue weighted by Gasteiger charge is 2.18. The van der Waals surface area contributed by atoms with Gasteiger partial charge in [-0.05, 0) is 50.1 Å². The third-order valence-corrected chi connectivity index (χ3v) is 6.29. The van der Waals surface area contributed by atoms with Gasteiger partial charge in [0.05, 0.1) is 0 Å². The van der Waals surface area contributed by atoms with Crippen molar-refractivity contribution in [3.05, 3.63) is 18.0 Å². The van der Waals surface area contributed by atoms with Gasteiger partial charge in [0.15, 0.2) is 0 Å². The maximum Gasteiger partial charge on any atom is 0.225 e. The third-order valence-electron chi connectivity index (χ3n) is 6.29. The molecule has 6 heteroatoms. The Morgan fingerprint density at radius 2 is 1.70 bits per heavy atom. The normalized spacial score (nSPS) is 17.3. The molecule has 0 amide bonds. The van der Waals surface area contributed by atoms with E-state index in [0.717, 1.165) is 77.7 Å². The quantitative estimate of drug-likeness (QED) is 0.432. The molecule has 1 aliphatic heterocycles. The maximum atomic E-state index is 5.83. The van der Waals surface area contributed by atoms with Gasteiger partial charge in [0.1, 0.15) is 0 Å². The minimum atomic E-state index is 0.531. The summed E-state index contributed by atoms with van der Waals surface area (Å²) in [6, 6.07) is 0.678. The Labute approximate surface area is 184 Å². The fraction of sp³-hybridized carbons (Fsp3) is 0.833. The van der Waals surface area contributed by atoms with Crippen LogP contribution in [0.1, 0.15) is 77.7 Å². The largest absolute Gasteiger partial charge is 0.381 e. The predicted molar refractivity (Wildman–Crippen MR) is 126 cm³/mol. The highest BCUT2D eigenvalue weighted by atomic mass is 16.5. The van der Waals surface area contributed by atoms with Crippen molar-refractivity contribution in [3.8, 4) is 0 Å². The summed E-state index contributed by atoms with van der Waals surface area (Å²) in [5.41, 5.74) is 1.24. The molecule has 1 fully saturated rings. The molecule has 1 aromatic heterocycles. The van der Waals surface area contributed by atoms with E-state index in [1.54, 1.807) is 0 Å². The second-order valence-corrected chi connectivity index (χ2v) is 8.62. The zero-order valence-corrected chi connectivity index (χ0v) is 19.9. The molecule has 1 aliphatic rings. The van der Waals surface area contributed by atoms with Gasteiger partial charge in [-0.15, -0.1) is 0 Å². The van der Waals surface area contributed by atoms with Crippen LogP contribution in [0.25, 0.3) is 0 Å². The molecule has 2 rings (SSSR count). The van der Waals surface area contributed by atoms with Crippen molar-refractivity contribution in [3.63, 3.8) is 0 Å². The minimum absolute atomic E-state index is 0.531. The molecule has 0 saturated carbocycles. The zero-order valence-electron chi connectivity index (χ0n) is 19.9. The average molecular weight is 420 g/mol. The first kappa shape index (κ1) is 25.0. The van der Waals surface area contributed by atoms with Crippen LogP contribution in [-0.2, 0) is 4.74 Å². The van der Waals surface area contributed by atoms with Crippen molar-refractivity contribution < 1.29 is 4.74 Å². The topological polar surface area (TPSA) is 53.5 Å². The molecule has 0 spiro atoms. The first-order valence-electron chi connectivity index (χ1n) is 12.3. The van der Waals surface area contributed by atoms with Crippen molar-refractivity contribution in [2.45, 2.75) is 78.2 Å². The van der Waals surface area contributed by atoms with Crippen molar-refractivity contribution in [1.29, 1.82) is 0 Å². The Bertz CT molecular complexity index is 545. The number of nitrogens with one attached hydrogen (secondary N) is 1. The summed E-state index contributed by atoms with van der Waals surface area (Å²) >= 11 is 0. The molecule has 0 aliphatic carbocycles. The lowest BCUT2D eigenvalue weighted by Gasteiger charge is -2.34. The van der Waals surface area contributed by atoms with Gasteiger partial charge in [-0.3, -0.25) is 4.90 Å².